The topological polar surface area (TPSA) is 96.7 Å². The van der Waals surface area contributed by atoms with Crippen LogP contribution < -0.4 is 5.32 Å². The molecule has 7 nitrogen and oxygen atoms in total. The van der Waals surface area contributed by atoms with E-state index in [4.69, 9.17) is 4.52 Å². The Hall–Kier alpha value is -3.48. The number of aryl methyl sites for hydroxylation is 1. The molecule has 2 heterocycles. The minimum atomic E-state index is -0.105. The van der Waals surface area contributed by atoms with Crippen LogP contribution in [0.1, 0.15) is 18.7 Å². The molecule has 0 fully saturated rings. The number of anilines is 1. The van der Waals surface area contributed by atoms with Gasteiger partial charge in [0.15, 0.2) is 0 Å². The highest BCUT2D eigenvalue weighted by molar-refractivity contribution is 5.91. The predicted molar refractivity (Wildman–Crippen MR) is 97.4 cm³/mol. The summed E-state index contributed by atoms with van der Waals surface area (Å²) in [6, 6.07) is 17.3. The summed E-state index contributed by atoms with van der Waals surface area (Å²) in [7, 11) is 0. The first-order valence-electron chi connectivity index (χ1n) is 8.40. The maximum Gasteiger partial charge on any atom is 0.226 e. The van der Waals surface area contributed by atoms with Crippen LogP contribution in [0, 0.1) is 0 Å². The summed E-state index contributed by atoms with van der Waals surface area (Å²) >= 11 is 0. The van der Waals surface area contributed by atoms with Crippen molar-refractivity contribution in [1.82, 2.24) is 20.1 Å². The van der Waals surface area contributed by atoms with E-state index in [9.17, 15) is 4.79 Å². The Morgan fingerprint density at radius 1 is 1.04 bits per heavy atom. The van der Waals surface area contributed by atoms with Crippen LogP contribution in [0.3, 0.4) is 0 Å². The molecular formula is C19H17N5O2. The molecule has 0 aliphatic rings. The van der Waals surface area contributed by atoms with Crippen LogP contribution in [-0.4, -0.2) is 26.0 Å². The molecule has 0 aliphatic carbocycles. The van der Waals surface area contributed by atoms with E-state index in [0.29, 0.717) is 36.9 Å². The first kappa shape index (κ1) is 16.0. The molecule has 2 aromatic heterocycles. The molecule has 26 heavy (non-hydrogen) atoms. The molecule has 0 bridgehead atoms. The Balaban J connectivity index is 1.29. The molecule has 0 spiro atoms. The largest absolute Gasteiger partial charge is 0.339 e. The van der Waals surface area contributed by atoms with Crippen molar-refractivity contribution in [1.29, 1.82) is 0 Å². The number of hydrogen-bond donors (Lipinski definition) is 2. The molecule has 7 heteroatoms. The quantitative estimate of drug-likeness (QED) is 0.556. The predicted octanol–water partition coefficient (Wildman–Crippen LogP) is 3.57. The minimum Gasteiger partial charge on any atom is -0.339 e. The van der Waals surface area contributed by atoms with Gasteiger partial charge >= 0.3 is 0 Å². The normalized spacial score (nSPS) is 10.9. The van der Waals surface area contributed by atoms with E-state index >= 15 is 0 Å². The van der Waals surface area contributed by atoms with Gasteiger partial charge in [-0.15, -0.1) is 0 Å². The van der Waals surface area contributed by atoms with E-state index < -0.39 is 0 Å². The van der Waals surface area contributed by atoms with Crippen LogP contribution in [0.2, 0.25) is 0 Å². The summed E-state index contributed by atoms with van der Waals surface area (Å²) in [5.74, 6) is 1.44. The fourth-order valence-electron chi connectivity index (χ4n) is 2.67. The summed E-state index contributed by atoms with van der Waals surface area (Å²) in [5, 5.41) is 6.75. The number of benzene rings is 2. The smallest absolute Gasteiger partial charge is 0.226 e. The zero-order valence-electron chi connectivity index (χ0n) is 14.0. The number of nitrogens with zero attached hydrogens (tertiary/aromatic N) is 3. The van der Waals surface area contributed by atoms with E-state index in [1.165, 1.54) is 0 Å². The number of H-pyrrole nitrogens is 1. The summed E-state index contributed by atoms with van der Waals surface area (Å²) in [4.78, 5) is 23.8. The third kappa shape index (κ3) is 3.61. The molecule has 2 N–H and O–H groups in total. The fraction of sp³-hybridized carbons (Fsp3) is 0.158. The van der Waals surface area contributed by atoms with E-state index in [-0.39, 0.29) is 5.91 Å². The fourth-order valence-corrected chi connectivity index (χ4v) is 2.67. The molecule has 0 unspecified atom stereocenters. The Kier molecular flexibility index (Phi) is 4.42. The van der Waals surface area contributed by atoms with Crippen molar-refractivity contribution in [3.63, 3.8) is 0 Å². The summed E-state index contributed by atoms with van der Waals surface area (Å²) in [6.45, 7) is 0. The van der Waals surface area contributed by atoms with Gasteiger partial charge < -0.3 is 9.51 Å². The number of rotatable bonds is 6. The van der Waals surface area contributed by atoms with E-state index in [1.807, 2.05) is 54.6 Å². The van der Waals surface area contributed by atoms with E-state index in [0.717, 1.165) is 16.6 Å². The highest BCUT2D eigenvalue weighted by Gasteiger charge is 2.10. The number of imidazole rings is 1. The number of aromatic amines is 1. The standard InChI is InChI=1S/C19H17N5O2/c25-16(22-19-20-14-9-4-5-10-15(14)21-19)11-6-12-17-23-18(24-26-17)13-7-2-1-3-8-13/h1-5,7-10H,6,11-12H2,(H2,20,21,22,25). The Labute approximate surface area is 149 Å². The molecule has 0 atom stereocenters. The van der Waals surface area contributed by atoms with Crippen LogP contribution in [0.4, 0.5) is 5.95 Å². The molecular weight excluding hydrogens is 330 g/mol. The third-order valence-corrected chi connectivity index (χ3v) is 3.94. The molecule has 0 radical (unpaired) electrons. The second-order valence-electron chi connectivity index (χ2n) is 5.88. The van der Waals surface area contributed by atoms with Crippen molar-refractivity contribution >= 4 is 22.9 Å². The van der Waals surface area contributed by atoms with Crippen molar-refractivity contribution in [2.75, 3.05) is 5.32 Å². The molecule has 130 valence electrons. The van der Waals surface area contributed by atoms with Crippen LogP contribution >= 0.6 is 0 Å². The highest BCUT2D eigenvalue weighted by Crippen LogP contribution is 2.16. The summed E-state index contributed by atoms with van der Waals surface area (Å²) < 4.78 is 5.25. The van der Waals surface area contributed by atoms with Gasteiger partial charge in [0.05, 0.1) is 11.0 Å². The zero-order chi connectivity index (χ0) is 17.8. The molecule has 0 saturated carbocycles. The zero-order valence-corrected chi connectivity index (χ0v) is 14.0. The molecule has 4 aromatic rings. The second-order valence-corrected chi connectivity index (χ2v) is 5.88. The maximum absolute atomic E-state index is 12.1. The van der Waals surface area contributed by atoms with Crippen LogP contribution in [0.15, 0.2) is 59.1 Å². The monoisotopic (exact) mass is 347 g/mol. The van der Waals surface area contributed by atoms with Gasteiger partial charge in [-0.3, -0.25) is 10.1 Å². The molecule has 0 saturated heterocycles. The van der Waals surface area contributed by atoms with Gasteiger partial charge in [-0.1, -0.05) is 47.6 Å². The van der Waals surface area contributed by atoms with Gasteiger partial charge in [0, 0.05) is 18.4 Å². The van der Waals surface area contributed by atoms with Crippen LogP contribution in [0.25, 0.3) is 22.4 Å². The number of nitrogens with one attached hydrogen (secondary N) is 2. The Morgan fingerprint density at radius 3 is 2.69 bits per heavy atom. The van der Waals surface area contributed by atoms with Gasteiger partial charge in [0.1, 0.15) is 0 Å². The average molecular weight is 347 g/mol. The first-order chi connectivity index (χ1) is 12.8. The van der Waals surface area contributed by atoms with Crippen LogP contribution in [0.5, 0.6) is 0 Å². The van der Waals surface area contributed by atoms with Crippen molar-refractivity contribution in [3.05, 3.63) is 60.5 Å². The van der Waals surface area contributed by atoms with Crippen LogP contribution in [-0.2, 0) is 11.2 Å². The molecule has 2 aromatic carbocycles. The van der Waals surface area contributed by atoms with E-state index in [1.54, 1.807) is 0 Å². The van der Waals surface area contributed by atoms with Crippen molar-refractivity contribution in [3.8, 4) is 11.4 Å². The summed E-state index contributed by atoms with van der Waals surface area (Å²) in [6.07, 6.45) is 1.51. The maximum atomic E-state index is 12.1. The molecule has 1 amide bonds. The van der Waals surface area contributed by atoms with Crippen molar-refractivity contribution in [2.24, 2.45) is 0 Å². The minimum absolute atomic E-state index is 0.105. The average Bonchev–Trinajstić information content (AvgIpc) is 3.29. The number of carbonyl (C=O) groups is 1. The Morgan fingerprint density at radius 2 is 1.85 bits per heavy atom. The molecule has 0 aliphatic heterocycles. The first-order valence-corrected chi connectivity index (χ1v) is 8.40. The van der Waals surface area contributed by atoms with Gasteiger partial charge in [0.2, 0.25) is 23.6 Å². The summed E-state index contributed by atoms with van der Waals surface area (Å²) in [5.41, 5.74) is 2.62. The molecule has 4 rings (SSSR count). The highest BCUT2D eigenvalue weighted by atomic mass is 16.5. The number of carbonyl (C=O) groups excluding carboxylic acids is 1. The van der Waals surface area contributed by atoms with Crippen molar-refractivity contribution < 1.29 is 9.32 Å². The number of fused-ring (bicyclic) bond motifs is 1. The van der Waals surface area contributed by atoms with Gasteiger partial charge in [0.25, 0.3) is 0 Å². The lowest BCUT2D eigenvalue weighted by Crippen LogP contribution is -2.12. The number of aromatic nitrogens is 4. The van der Waals surface area contributed by atoms with Gasteiger partial charge in [-0.2, -0.15) is 4.98 Å². The van der Waals surface area contributed by atoms with E-state index in [2.05, 4.69) is 25.4 Å². The Bertz CT molecular complexity index is 990. The van der Waals surface area contributed by atoms with Crippen molar-refractivity contribution in [2.45, 2.75) is 19.3 Å². The third-order valence-electron chi connectivity index (χ3n) is 3.94. The lowest BCUT2D eigenvalue weighted by molar-refractivity contribution is -0.116. The number of para-hydroxylation sites is 2. The number of hydrogen-bond acceptors (Lipinski definition) is 5. The van der Waals surface area contributed by atoms with Gasteiger partial charge in [-0.25, -0.2) is 4.98 Å². The lowest BCUT2D eigenvalue weighted by Gasteiger charge is -2.00. The van der Waals surface area contributed by atoms with Gasteiger partial charge in [-0.05, 0) is 18.6 Å². The lowest BCUT2D eigenvalue weighted by atomic mass is 10.2. The SMILES string of the molecule is O=C(CCCc1nc(-c2ccccc2)no1)Nc1nc2ccccc2[nH]1. The number of amides is 1. The second kappa shape index (κ2) is 7.18.